The van der Waals surface area contributed by atoms with Crippen LogP contribution in [0.15, 0.2) is 24.4 Å². The van der Waals surface area contributed by atoms with Gasteiger partial charge in [0.05, 0.1) is 11.7 Å². The van der Waals surface area contributed by atoms with E-state index in [-0.39, 0.29) is 17.9 Å². The molecule has 1 heterocycles. The first-order chi connectivity index (χ1) is 9.21. The first-order valence-corrected chi connectivity index (χ1v) is 6.74. The van der Waals surface area contributed by atoms with Crippen molar-refractivity contribution in [3.63, 3.8) is 0 Å². The van der Waals surface area contributed by atoms with Crippen LogP contribution >= 0.6 is 0 Å². The number of rotatable bonds is 4. The Balaban J connectivity index is 2.56. The predicted molar refractivity (Wildman–Crippen MR) is 77.9 cm³/mol. The number of nitrogens with zero attached hydrogens (tertiary/aromatic N) is 1. The first-order valence-electron chi connectivity index (χ1n) is 6.74. The van der Waals surface area contributed by atoms with Gasteiger partial charge in [-0.1, -0.05) is 26.8 Å². The second kappa shape index (κ2) is 6.50. The van der Waals surface area contributed by atoms with Gasteiger partial charge in [-0.2, -0.15) is 0 Å². The number of carbonyl (C=O) groups is 2. The monoisotopic (exact) mass is 277 g/mol. The van der Waals surface area contributed by atoms with Gasteiger partial charge in [0.2, 0.25) is 11.8 Å². The van der Waals surface area contributed by atoms with Gasteiger partial charge in [0.1, 0.15) is 6.04 Å². The molecule has 2 N–H and O–H groups in total. The number of aromatic nitrogens is 1. The van der Waals surface area contributed by atoms with Crippen molar-refractivity contribution in [3.8, 4) is 0 Å². The first kappa shape index (κ1) is 16.1. The maximum atomic E-state index is 12.0. The molecule has 1 aromatic heterocycles. The zero-order valence-corrected chi connectivity index (χ0v) is 12.7. The molecule has 0 radical (unpaired) electrons. The van der Waals surface area contributed by atoms with E-state index in [1.807, 2.05) is 45.9 Å². The minimum absolute atomic E-state index is 0.148. The molecule has 0 saturated heterocycles. The maximum Gasteiger partial charge on any atom is 0.242 e. The van der Waals surface area contributed by atoms with E-state index in [1.54, 1.807) is 13.1 Å². The van der Waals surface area contributed by atoms with Gasteiger partial charge in [-0.05, 0) is 26.0 Å². The average molecular weight is 277 g/mol. The molecule has 0 aliphatic carbocycles. The topological polar surface area (TPSA) is 71.1 Å². The molecule has 1 aromatic rings. The van der Waals surface area contributed by atoms with Gasteiger partial charge in [0.15, 0.2) is 0 Å². The van der Waals surface area contributed by atoms with E-state index in [4.69, 9.17) is 0 Å². The molecule has 2 atom stereocenters. The Morgan fingerprint density at radius 3 is 2.30 bits per heavy atom. The van der Waals surface area contributed by atoms with Gasteiger partial charge in [0, 0.05) is 11.6 Å². The third kappa shape index (κ3) is 4.64. The Kier molecular flexibility index (Phi) is 5.25. The summed E-state index contributed by atoms with van der Waals surface area (Å²) in [5.41, 5.74) is 0.274. The molecular formula is C15H23N3O2. The highest BCUT2D eigenvalue weighted by Gasteiger charge is 2.25. The van der Waals surface area contributed by atoms with Crippen LogP contribution in [0.1, 0.15) is 46.4 Å². The van der Waals surface area contributed by atoms with Crippen molar-refractivity contribution < 1.29 is 9.59 Å². The van der Waals surface area contributed by atoms with Crippen molar-refractivity contribution in [2.45, 2.75) is 46.7 Å². The van der Waals surface area contributed by atoms with Gasteiger partial charge >= 0.3 is 0 Å². The summed E-state index contributed by atoms with van der Waals surface area (Å²) in [4.78, 5) is 28.1. The lowest BCUT2D eigenvalue weighted by molar-refractivity contribution is -0.133. The highest BCUT2D eigenvalue weighted by Crippen LogP contribution is 2.13. The lowest BCUT2D eigenvalue weighted by atomic mass is 9.95. The SMILES string of the molecule is C[C@@H](NC(=O)C(C)(C)C)C(=O)N[C@H](C)c1ccccn1. The van der Waals surface area contributed by atoms with E-state index in [0.717, 1.165) is 5.69 Å². The smallest absolute Gasteiger partial charge is 0.242 e. The summed E-state index contributed by atoms with van der Waals surface area (Å²) < 4.78 is 0. The Morgan fingerprint density at radius 1 is 1.15 bits per heavy atom. The van der Waals surface area contributed by atoms with E-state index in [9.17, 15) is 9.59 Å². The van der Waals surface area contributed by atoms with Crippen molar-refractivity contribution in [3.05, 3.63) is 30.1 Å². The molecule has 1 rings (SSSR count). The van der Waals surface area contributed by atoms with Gasteiger partial charge in [0.25, 0.3) is 0 Å². The van der Waals surface area contributed by atoms with E-state index in [2.05, 4.69) is 15.6 Å². The van der Waals surface area contributed by atoms with Crippen molar-refractivity contribution in [1.29, 1.82) is 0 Å². The van der Waals surface area contributed by atoms with Crippen molar-refractivity contribution in [1.82, 2.24) is 15.6 Å². The summed E-state index contributed by atoms with van der Waals surface area (Å²) in [7, 11) is 0. The van der Waals surface area contributed by atoms with E-state index < -0.39 is 11.5 Å². The number of nitrogens with one attached hydrogen (secondary N) is 2. The lowest BCUT2D eigenvalue weighted by Crippen LogP contribution is -2.48. The molecule has 5 nitrogen and oxygen atoms in total. The molecule has 0 aliphatic heterocycles. The van der Waals surface area contributed by atoms with Gasteiger partial charge < -0.3 is 10.6 Å². The van der Waals surface area contributed by atoms with E-state index in [1.165, 1.54) is 0 Å². The van der Waals surface area contributed by atoms with Crippen molar-refractivity contribution in [2.75, 3.05) is 0 Å². The quantitative estimate of drug-likeness (QED) is 0.881. The van der Waals surface area contributed by atoms with Crippen LogP contribution in [0.4, 0.5) is 0 Å². The minimum atomic E-state index is -0.576. The van der Waals surface area contributed by atoms with Gasteiger partial charge in [-0.25, -0.2) is 0 Å². The summed E-state index contributed by atoms with van der Waals surface area (Å²) in [6.07, 6.45) is 1.68. The fourth-order valence-electron chi connectivity index (χ4n) is 1.52. The van der Waals surface area contributed by atoms with Crippen LogP contribution in [0.3, 0.4) is 0 Å². The van der Waals surface area contributed by atoms with Crippen molar-refractivity contribution >= 4 is 11.8 Å². The molecule has 110 valence electrons. The van der Waals surface area contributed by atoms with Crippen LogP contribution < -0.4 is 10.6 Å². The molecule has 0 fully saturated rings. The number of carbonyl (C=O) groups excluding carboxylic acids is 2. The third-order valence-corrected chi connectivity index (χ3v) is 2.91. The Hall–Kier alpha value is -1.91. The number of pyridine rings is 1. The predicted octanol–water partition coefficient (Wildman–Crippen LogP) is 1.81. The normalized spacial score (nSPS) is 14.2. The molecular weight excluding hydrogens is 254 g/mol. The standard InChI is InChI=1S/C15H23N3O2/c1-10(12-8-6-7-9-16-12)17-13(19)11(2)18-14(20)15(3,4)5/h6-11H,1-5H3,(H,17,19)(H,18,20)/t10-,11-/m1/s1. The third-order valence-electron chi connectivity index (χ3n) is 2.91. The number of amides is 2. The van der Waals surface area contributed by atoms with Crippen LogP contribution in [-0.4, -0.2) is 22.8 Å². The molecule has 20 heavy (non-hydrogen) atoms. The Morgan fingerprint density at radius 2 is 1.80 bits per heavy atom. The summed E-state index contributed by atoms with van der Waals surface area (Å²) in [6.45, 7) is 8.96. The van der Waals surface area contributed by atoms with Gasteiger partial charge in [-0.15, -0.1) is 0 Å². The molecule has 5 heteroatoms. The number of hydrogen-bond acceptors (Lipinski definition) is 3. The highest BCUT2D eigenvalue weighted by atomic mass is 16.2. The summed E-state index contributed by atoms with van der Waals surface area (Å²) in [5, 5.41) is 5.54. The van der Waals surface area contributed by atoms with Crippen LogP contribution in [0, 0.1) is 5.41 Å². The van der Waals surface area contributed by atoms with Crippen LogP contribution in [0.5, 0.6) is 0 Å². The second-order valence-electron chi connectivity index (χ2n) is 5.93. The molecule has 0 aliphatic rings. The zero-order chi connectivity index (χ0) is 15.3. The lowest BCUT2D eigenvalue weighted by Gasteiger charge is -2.22. The van der Waals surface area contributed by atoms with Crippen molar-refractivity contribution in [2.24, 2.45) is 5.41 Å². The van der Waals surface area contributed by atoms with Gasteiger partial charge in [-0.3, -0.25) is 14.6 Å². The zero-order valence-electron chi connectivity index (χ0n) is 12.7. The Bertz CT molecular complexity index is 466. The summed E-state index contributed by atoms with van der Waals surface area (Å²) >= 11 is 0. The second-order valence-corrected chi connectivity index (χ2v) is 5.93. The van der Waals surface area contributed by atoms with E-state index >= 15 is 0 Å². The van der Waals surface area contributed by atoms with Crippen LogP contribution in [0.2, 0.25) is 0 Å². The number of hydrogen-bond donors (Lipinski definition) is 2. The fraction of sp³-hybridized carbons (Fsp3) is 0.533. The average Bonchev–Trinajstić information content (AvgIpc) is 2.38. The molecule has 2 amide bonds. The largest absolute Gasteiger partial charge is 0.346 e. The summed E-state index contributed by atoms with van der Waals surface area (Å²) in [6, 6.07) is 4.77. The summed E-state index contributed by atoms with van der Waals surface area (Å²) in [5.74, 6) is -0.369. The van der Waals surface area contributed by atoms with Crippen LogP contribution in [-0.2, 0) is 9.59 Å². The molecule has 0 aromatic carbocycles. The molecule has 0 saturated carbocycles. The Labute approximate surface area is 120 Å². The van der Waals surface area contributed by atoms with Crippen LogP contribution in [0.25, 0.3) is 0 Å². The molecule has 0 unspecified atom stereocenters. The van der Waals surface area contributed by atoms with E-state index in [0.29, 0.717) is 0 Å². The fourth-order valence-corrected chi connectivity index (χ4v) is 1.52. The highest BCUT2D eigenvalue weighted by molar-refractivity contribution is 5.89. The molecule has 0 bridgehead atoms. The minimum Gasteiger partial charge on any atom is -0.346 e. The molecule has 0 spiro atoms. The maximum absolute atomic E-state index is 12.0.